The summed E-state index contributed by atoms with van der Waals surface area (Å²) in [5.74, 6) is -0.162. The molecule has 8 nitrogen and oxygen atoms in total. The monoisotopic (exact) mass is 429 g/mol. The normalized spacial score (nSPS) is 15.1. The Morgan fingerprint density at radius 2 is 1.97 bits per heavy atom. The zero-order valence-corrected chi connectivity index (χ0v) is 17.4. The lowest BCUT2D eigenvalue weighted by molar-refractivity contribution is -0.126. The van der Waals surface area contributed by atoms with Crippen LogP contribution in [0.4, 0.5) is 11.4 Å². The van der Waals surface area contributed by atoms with Gasteiger partial charge in [0.15, 0.2) is 5.76 Å². The summed E-state index contributed by atoms with van der Waals surface area (Å²) in [5, 5.41) is 13.5. The number of hydrogen-bond donors (Lipinski definition) is 3. The molecule has 2 amide bonds. The van der Waals surface area contributed by atoms with Crippen molar-refractivity contribution in [2.75, 3.05) is 23.7 Å². The van der Waals surface area contributed by atoms with Crippen LogP contribution in [0, 0.1) is 6.92 Å². The molecule has 1 aliphatic heterocycles. The number of carbonyl (C=O) groups is 2. The maximum absolute atomic E-state index is 13.2. The Kier molecular flexibility index (Phi) is 6.59. The number of nitrogens with zero attached hydrogens (tertiary/aromatic N) is 2. The highest BCUT2D eigenvalue weighted by Gasteiger charge is 2.42. The number of amides is 2. The van der Waals surface area contributed by atoms with Crippen LogP contribution >= 0.6 is 12.4 Å². The number of nitrogens with one attached hydrogen (secondary N) is 3. The molecule has 158 valence electrons. The quantitative estimate of drug-likeness (QED) is 0.578. The molecule has 0 aliphatic carbocycles. The van der Waals surface area contributed by atoms with Gasteiger partial charge in [-0.1, -0.05) is 0 Å². The van der Waals surface area contributed by atoms with Gasteiger partial charge in [-0.2, -0.15) is 5.10 Å². The van der Waals surface area contributed by atoms with Gasteiger partial charge in [-0.05, 0) is 74.8 Å². The molecule has 1 saturated heterocycles. The average Bonchev–Trinajstić information content (AvgIpc) is 3.45. The highest BCUT2D eigenvalue weighted by Crippen LogP contribution is 2.29. The Morgan fingerprint density at radius 1 is 1.17 bits per heavy atom. The third-order valence-electron chi connectivity index (χ3n) is 5.27. The number of furan rings is 1. The first-order valence-corrected chi connectivity index (χ1v) is 9.56. The molecule has 2 aromatic heterocycles. The van der Waals surface area contributed by atoms with Crippen molar-refractivity contribution in [2.24, 2.45) is 0 Å². The summed E-state index contributed by atoms with van der Waals surface area (Å²) in [6, 6.07) is 10.5. The van der Waals surface area contributed by atoms with E-state index in [4.69, 9.17) is 4.42 Å². The lowest BCUT2D eigenvalue weighted by Crippen LogP contribution is -2.52. The van der Waals surface area contributed by atoms with Crippen molar-refractivity contribution < 1.29 is 14.0 Å². The van der Waals surface area contributed by atoms with Crippen molar-refractivity contribution >= 4 is 35.6 Å². The van der Waals surface area contributed by atoms with E-state index in [1.165, 1.54) is 6.26 Å². The van der Waals surface area contributed by atoms with Crippen LogP contribution in [0.2, 0.25) is 0 Å². The van der Waals surface area contributed by atoms with Gasteiger partial charge in [-0.25, -0.2) is 0 Å². The van der Waals surface area contributed by atoms with E-state index in [-0.39, 0.29) is 30.0 Å². The Labute approximate surface area is 180 Å². The molecule has 0 saturated carbocycles. The van der Waals surface area contributed by atoms with Crippen LogP contribution in [0.15, 0.2) is 59.5 Å². The van der Waals surface area contributed by atoms with Crippen molar-refractivity contribution in [3.8, 4) is 0 Å². The van der Waals surface area contributed by atoms with Gasteiger partial charge in [0.05, 0.1) is 6.26 Å². The lowest BCUT2D eigenvalue weighted by atomic mass is 9.87. The molecule has 0 atom stereocenters. The molecule has 30 heavy (non-hydrogen) atoms. The number of rotatable bonds is 5. The Hall–Kier alpha value is -3.10. The maximum Gasteiger partial charge on any atom is 0.291 e. The fourth-order valence-corrected chi connectivity index (χ4v) is 3.64. The standard InChI is InChI=1S/C21H23N5O3.ClH/c1-15-14-16(5-6-17(15)25-19(27)18-4-2-13-29-18)24-20(28)21(7-10-22-11-8-21)26-12-3-9-23-26;/h2-6,9,12-14,22H,7-8,10-11H2,1H3,(H,24,28)(H,25,27);1H. The van der Waals surface area contributed by atoms with Crippen molar-refractivity contribution in [2.45, 2.75) is 25.3 Å². The van der Waals surface area contributed by atoms with E-state index >= 15 is 0 Å². The first-order valence-electron chi connectivity index (χ1n) is 9.56. The summed E-state index contributed by atoms with van der Waals surface area (Å²) in [6.07, 6.45) is 6.31. The number of anilines is 2. The highest BCUT2D eigenvalue weighted by molar-refractivity contribution is 6.03. The highest BCUT2D eigenvalue weighted by atomic mass is 35.5. The van der Waals surface area contributed by atoms with Gasteiger partial charge in [-0.15, -0.1) is 12.4 Å². The van der Waals surface area contributed by atoms with Crippen LogP contribution < -0.4 is 16.0 Å². The van der Waals surface area contributed by atoms with Crippen molar-refractivity contribution in [3.63, 3.8) is 0 Å². The Balaban J connectivity index is 0.00000256. The second kappa shape index (κ2) is 9.15. The number of benzene rings is 1. The van der Waals surface area contributed by atoms with Crippen molar-refractivity contribution in [3.05, 3.63) is 66.4 Å². The summed E-state index contributed by atoms with van der Waals surface area (Å²) in [7, 11) is 0. The van der Waals surface area contributed by atoms with Crippen LogP contribution in [0.1, 0.15) is 29.0 Å². The van der Waals surface area contributed by atoms with Crippen LogP contribution in [0.25, 0.3) is 0 Å². The van der Waals surface area contributed by atoms with E-state index in [2.05, 4.69) is 21.0 Å². The largest absolute Gasteiger partial charge is 0.459 e. The van der Waals surface area contributed by atoms with Gasteiger partial charge in [0, 0.05) is 23.8 Å². The molecule has 4 rings (SSSR count). The second-order valence-corrected chi connectivity index (χ2v) is 7.15. The SMILES string of the molecule is Cc1cc(NC(=O)C2(n3cccn3)CCNCC2)ccc1NC(=O)c1ccco1.Cl. The minimum atomic E-state index is -0.713. The molecule has 1 aromatic carbocycles. The van der Waals surface area contributed by atoms with Gasteiger partial charge in [0.25, 0.3) is 11.8 Å². The zero-order chi connectivity index (χ0) is 20.3. The molecular weight excluding hydrogens is 406 g/mol. The van der Waals surface area contributed by atoms with Crippen LogP contribution in [0.3, 0.4) is 0 Å². The summed E-state index contributed by atoms with van der Waals surface area (Å²) in [5.41, 5.74) is 1.46. The molecule has 0 unspecified atom stereocenters. The van der Waals surface area contributed by atoms with Gasteiger partial charge in [0.2, 0.25) is 0 Å². The van der Waals surface area contributed by atoms with Crippen molar-refractivity contribution in [1.82, 2.24) is 15.1 Å². The van der Waals surface area contributed by atoms with E-state index in [0.717, 1.165) is 18.7 Å². The van der Waals surface area contributed by atoms with Crippen LogP contribution in [-0.2, 0) is 10.3 Å². The van der Waals surface area contributed by atoms with Gasteiger partial charge >= 0.3 is 0 Å². The fourth-order valence-electron chi connectivity index (χ4n) is 3.64. The molecule has 1 fully saturated rings. The number of aromatic nitrogens is 2. The first kappa shape index (κ1) is 21.6. The average molecular weight is 430 g/mol. The molecule has 3 aromatic rings. The van der Waals surface area contributed by atoms with Gasteiger partial charge in [0.1, 0.15) is 5.54 Å². The summed E-state index contributed by atoms with van der Waals surface area (Å²) in [4.78, 5) is 25.4. The summed E-state index contributed by atoms with van der Waals surface area (Å²) < 4.78 is 6.87. The molecule has 9 heteroatoms. The molecule has 0 spiro atoms. The van der Waals surface area contributed by atoms with E-state index in [0.29, 0.717) is 24.2 Å². The van der Waals surface area contributed by atoms with Crippen LogP contribution in [0.5, 0.6) is 0 Å². The number of piperidine rings is 1. The number of halogens is 1. The molecule has 1 aliphatic rings. The van der Waals surface area contributed by atoms with E-state index in [1.807, 2.05) is 25.3 Å². The topological polar surface area (TPSA) is 101 Å². The molecule has 3 N–H and O–H groups in total. The summed E-state index contributed by atoms with van der Waals surface area (Å²) >= 11 is 0. The van der Waals surface area contributed by atoms with E-state index in [1.54, 1.807) is 35.1 Å². The fraction of sp³-hybridized carbons (Fsp3) is 0.286. The number of carbonyl (C=O) groups excluding carboxylic acids is 2. The van der Waals surface area contributed by atoms with E-state index in [9.17, 15) is 9.59 Å². The minimum absolute atomic E-state index is 0. The second-order valence-electron chi connectivity index (χ2n) is 7.15. The predicted molar refractivity (Wildman–Crippen MR) is 116 cm³/mol. The maximum atomic E-state index is 13.2. The Bertz CT molecular complexity index is 996. The van der Waals surface area contributed by atoms with Crippen LogP contribution in [-0.4, -0.2) is 34.7 Å². The summed E-state index contributed by atoms with van der Waals surface area (Å²) in [6.45, 7) is 3.38. The van der Waals surface area contributed by atoms with Gasteiger partial charge < -0.3 is 20.4 Å². The van der Waals surface area contributed by atoms with Gasteiger partial charge in [-0.3, -0.25) is 14.3 Å². The third-order valence-corrected chi connectivity index (χ3v) is 5.27. The van der Waals surface area contributed by atoms with Crippen molar-refractivity contribution in [1.29, 1.82) is 0 Å². The molecule has 0 radical (unpaired) electrons. The molecular formula is C21H24ClN5O3. The predicted octanol–water partition coefficient (Wildman–Crippen LogP) is 3.18. The zero-order valence-electron chi connectivity index (χ0n) is 16.6. The molecule has 0 bridgehead atoms. The lowest BCUT2D eigenvalue weighted by Gasteiger charge is -2.36. The third kappa shape index (κ3) is 4.24. The minimum Gasteiger partial charge on any atom is -0.459 e. The first-order chi connectivity index (χ1) is 14.1. The molecule has 3 heterocycles. The van der Waals surface area contributed by atoms with E-state index < -0.39 is 5.54 Å². The number of hydrogen-bond acceptors (Lipinski definition) is 5. The smallest absolute Gasteiger partial charge is 0.291 e. The Morgan fingerprint density at radius 3 is 2.60 bits per heavy atom. The number of aryl methyl sites for hydroxylation is 1.